The van der Waals surface area contributed by atoms with Crippen molar-refractivity contribution in [1.82, 2.24) is 20.0 Å². The molecule has 12 nitrogen and oxygen atoms in total. The number of sulfonamides is 1. The first-order valence-electron chi connectivity index (χ1n) is 13.9. The summed E-state index contributed by atoms with van der Waals surface area (Å²) in [6, 6.07) is 23.2. The van der Waals surface area contributed by atoms with Crippen molar-refractivity contribution in [2.24, 2.45) is 5.16 Å². The number of carbonyl (C=O) groups excluding carboxylic acids is 1. The first-order chi connectivity index (χ1) is 20.8. The normalized spacial score (nSPS) is 14.5. The Hall–Kier alpha value is -4.75. The first kappa shape index (κ1) is 29.7. The SMILES string of the molecule is O=C(NC(CCCCCNc1nc2ccccc2[nH]1)(NS(=O)(=O)c1ccc(-c2ccccc2)cc1)C(=O)O)C1=NOCC1. The fourth-order valence-electron chi connectivity index (χ4n) is 4.76. The van der Waals surface area contributed by atoms with Crippen LogP contribution < -0.4 is 15.4 Å². The first-order valence-corrected chi connectivity index (χ1v) is 15.4. The molecule has 43 heavy (non-hydrogen) atoms. The van der Waals surface area contributed by atoms with Gasteiger partial charge in [-0.05, 0) is 54.7 Å². The highest BCUT2D eigenvalue weighted by Gasteiger charge is 2.44. The van der Waals surface area contributed by atoms with Crippen LogP contribution in [0.15, 0.2) is 88.9 Å². The number of carboxylic acid groups (broad SMARTS) is 1. The summed E-state index contributed by atoms with van der Waals surface area (Å²) in [4.78, 5) is 38.0. The number of H-pyrrole nitrogens is 1. The Balaban J connectivity index is 1.27. The summed E-state index contributed by atoms with van der Waals surface area (Å²) in [5.74, 6) is -1.72. The van der Waals surface area contributed by atoms with Crippen molar-refractivity contribution in [1.29, 1.82) is 0 Å². The number of fused-ring (bicyclic) bond motifs is 1. The summed E-state index contributed by atoms with van der Waals surface area (Å²) < 4.78 is 29.2. The molecule has 0 aliphatic carbocycles. The van der Waals surface area contributed by atoms with Gasteiger partial charge >= 0.3 is 5.97 Å². The lowest BCUT2D eigenvalue weighted by atomic mass is 10.0. The number of oxime groups is 1. The molecule has 2 heterocycles. The number of rotatable bonds is 14. The van der Waals surface area contributed by atoms with Crippen LogP contribution in [0.3, 0.4) is 0 Å². The van der Waals surface area contributed by atoms with E-state index in [0.29, 0.717) is 31.8 Å². The van der Waals surface area contributed by atoms with E-state index in [1.165, 1.54) is 12.1 Å². The molecule has 0 saturated heterocycles. The Morgan fingerprint density at radius 1 is 0.930 bits per heavy atom. The summed E-state index contributed by atoms with van der Waals surface area (Å²) >= 11 is 0. The Bertz CT molecular complexity index is 1690. The van der Waals surface area contributed by atoms with Gasteiger partial charge in [-0.3, -0.25) is 4.79 Å². The molecule has 1 amide bonds. The molecule has 4 aromatic rings. The maximum absolute atomic E-state index is 13.5. The molecular formula is C30H32N6O6S. The van der Waals surface area contributed by atoms with Gasteiger partial charge in [0.25, 0.3) is 5.91 Å². The van der Waals surface area contributed by atoms with Crippen LogP contribution in [-0.4, -0.2) is 59.9 Å². The van der Waals surface area contributed by atoms with E-state index in [9.17, 15) is 23.1 Å². The number of aromatic amines is 1. The van der Waals surface area contributed by atoms with Crippen molar-refractivity contribution in [3.05, 3.63) is 78.9 Å². The second kappa shape index (κ2) is 13.0. The van der Waals surface area contributed by atoms with Gasteiger partial charge in [-0.1, -0.05) is 66.2 Å². The average Bonchev–Trinajstić information content (AvgIpc) is 3.70. The molecule has 3 aromatic carbocycles. The van der Waals surface area contributed by atoms with Gasteiger partial charge in [0.05, 0.1) is 15.9 Å². The summed E-state index contributed by atoms with van der Waals surface area (Å²) in [6.07, 6.45) is 1.48. The number of unbranched alkanes of at least 4 members (excludes halogenated alkanes) is 2. The third-order valence-electron chi connectivity index (χ3n) is 7.05. The van der Waals surface area contributed by atoms with Gasteiger partial charge in [0, 0.05) is 13.0 Å². The number of carbonyl (C=O) groups is 2. The average molecular weight is 605 g/mol. The molecule has 0 fully saturated rings. The van der Waals surface area contributed by atoms with E-state index in [2.05, 4.69) is 30.5 Å². The van der Waals surface area contributed by atoms with E-state index < -0.39 is 27.6 Å². The molecule has 0 spiro atoms. The van der Waals surface area contributed by atoms with E-state index in [1.54, 1.807) is 12.1 Å². The third-order valence-corrected chi connectivity index (χ3v) is 8.56. The molecule has 0 bridgehead atoms. The fraction of sp³-hybridized carbons (Fsp3) is 0.267. The zero-order chi connectivity index (χ0) is 30.3. The molecule has 1 unspecified atom stereocenters. The smallest absolute Gasteiger partial charge is 0.345 e. The Labute approximate surface area is 248 Å². The number of carboxylic acids is 1. The summed E-state index contributed by atoms with van der Waals surface area (Å²) in [7, 11) is -4.37. The second-order valence-electron chi connectivity index (χ2n) is 10.1. The van der Waals surface area contributed by atoms with Gasteiger partial charge in [0.15, 0.2) is 0 Å². The molecule has 0 radical (unpaired) electrons. The maximum Gasteiger partial charge on any atom is 0.345 e. The van der Waals surface area contributed by atoms with Gasteiger partial charge in [0.1, 0.15) is 12.3 Å². The highest BCUT2D eigenvalue weighted by Crippen LogP contribution is 2.23. The minimum absolute atomic E-state index is 0.00734. The van der Waals surface area contributed by atoms with Gasteiger partial charge in [-0.2, -0.15) is 4.72 Å². The number of anilines is 1. The number of para-hydroxylation sites is 2. The van der Waals surface area contributed by atoms with Crippen molar-refractivity contribution < 1.29 is 28.0 Å². The molecule has 1 aliphatic rings. The number of amides is 1. The summed E-state index contributed by atoms with van der Waals surface area (Å²) in [6.45, 7) is 0.737. The number of aliphatic carboxylic acids is 1. The van der Waals surface area contributed by atoms with Crippen LogP contribution in [0.1, 0.15) is 32.1 Å². The highest BCUT2D eigenvalue weighted by molar-refractivity contribution is 7.89. The molecule has 224 valence electrons. The standard InChI is InChI=1S/C30H32N6O6S/c37-27(26-17-20-42-35-26)34-30(28(38)39,18-7-2-8-19-31-29-32-24-11-5-6-12-25(24)33-29)36-43(40,41)23-15-13-22(14-16-23)21-9-3-1-4-10-21/h1,3-6,9-16,36H,2,7-8,17-20H2,(H,34,37)(H,38,39)(H2,31,32,33). The molecule has 0 saturated carbocycles. The van der Waals surface area contributed by atoms with Crippen LogP contribution in [-0.2, 0) is 24.4 Å². The van der Waals surface area contributed by atoms with Crippen molar-refractivity contribution >= 4 is 44.6 Å². The van der Waals surface area contributed by atoms with Crippen molar-refractivity contribution in [3.8, 4) is 11.1 Å². The van der Waals surface area contributed by atoms with E-state index >= 15 is 0 Å². The van der Waals surface area contributed by atoms with Crippen LogP contribution in [0.25, 0.3) is 22.2 Å². The molecule has 5 rings (SSSR count). The van der Waals surface area contributed by atoms with Crippen LogP contribution >= 0.6 is 0 Å². The minimum Gasteiger partial charge on any atom is -0.478 e. The second-order valence-corrected chi connectivity index (χ2v) is 11.8. The molecule has 1 aliphatic heterocycles. The van der Waals surface area contributed by atoms with E-state index in [4.69, 9.17) is 4.84 Å². The van der Waals surface area contributed by atoms with Crippen LogP contribution in [0.2, 0.25) is 0 Å². The predicted octanol–water partition coefficient (Wildman–Crippen LogP) is 3.85. The topological polar surface area (TPSA) is 175 Å². The maximum atomic E-state index is 13.5. The van der Waals surface area contributed by atoms with Crippen molar-refractivity contribution in [3.63, 3.8) is 0 Å². The number of aromatic nitrogens is 2. The molecular weight excluding hydrogens is 572 g/mol. The number of imidazole rings is 1. The van der Waals surface area contributed by atoms with Gasteiger partial charge in [0.2, 0.25) is 21.6 Å². The highest BCUT2D eigenvalue weighted by atomic mass is 32.2. The van der Waals surface area contributed by atoms with Crippen LogP contribution in [0.4, 0.5) is 5.95 Å². The Kier molecular flexibility index (Phi) is 9.02. The van der Waals surface area contributed by atoms with Crippen molar-refractivity contribution in [2.45, 2.75) is 42.7 Å². The third kappa shape index (κ3) is 7.19. The van der Waals surface area contributed by atoms with E-state index in [1.807, 2.05) is 54.6 Å². The zero-order valence-corrected chi connectivity index (χ0v) is 24.1. The Morgan fingerprint density at radius 3 is 2.35 bits per heavy atom. The van der Waals surface area contributed by atoms with Crippen LogP contribution in [0, 0.1) is 0 Å². The lowest BCUT2D eigenvalue weighted by Gasteiger charge is -2.31. The lowest BCUT2D eigenvalue weighted by Crippen LogP contribution is -2.66. The fourth-order valence-corrected chi connectivity index (χ4v) is 6.07. The number of nitrogens with one attached hydrogen (secondary N) is 4. The molecule has 1 atom stereocenters. The summed E-state index contributed by atoms with van der Waals surface area (Å²) in [5.41, 5.74) is 1.13. The largest absolute Gasteiger partial charge is 0.478 e. The van der Waals surface area contributed by atoms with Crippen molar-refractivity contribution in [2.75, 3.05) is 18.5 Å². The number of benzene rings is 3. The predicted molar refractivity (Wildman–Crippen MR) is 162 cm³/mol. The molecule has 13 heteroatoms. The minimum atomic E-state index is -4.37. The van der Waals surface area contributed by atoms with E-state index in [0.717, 1.165) is 22.2 Å². The monoisotopic (exact) mass is 604 g/mol. The number of nitrogens with zero attached hydrogens (tertiary/aromatic N) is 2. The van der Waals surface area contributed by atoms with Gasteiger partial charge in [-0.15, -0.1) is 0 Å². The Morgan fingerprint density at radius 2 is 1.65 bits per heavy atom. The quantitative estimate of drug-likeness (QED) is 0.107. The molecule has 5 N–H and O–H groups in total. The lowest BCUT2D eigenvalue weighted by molar-refractivity contribution is -0.148. The van der Waals surface area contributed by atoms with Gasteiger partial charge < -0.3 is 25.6 Å². The summed E-state index contributed by atoms with van der Waals surface area (Å²) in [5, 5.41) is 19.6. The van der Waals surface area contributed by atoms with E-state index in [-0.39, 0.29) is 30.1 Å². The molecule has 1 aromatic heterocycles. The van der Waals surface area contributed by atoms with Gasteiger partial charge in [-0.25, -0.2) is 18.2 Å². The number of hydrogen-bond donors (Lipinski definition) is 5. The zero-order valence-electron chi connectivity index (χ0n) is 23.2. The van der Waals surface area contributed by atoms with Crippen LogP contribution in [0.5, 0.6) is 0 Å². The number of hydrogen-bond acceptors (Lipinski definition) is 8.